The SMILES string of the molecule is CCc1ccccc1NC(=O)c1ccccc1-c1ncc(-c2ccc(Br)cc2)o1. The number of oxazole rings is 1. The van der Waals surface area contributed by atoms with Crippen LogP contribution in [0.15, 0.2) is 87.9 Å². The number of nitrogens with one attached hydrogen (secondary N) is 1. The third kappa shape index (κ3) is 4.15. The van der Waals surface area contributed by atoms with Gasteiger partial charge in [0.25, 0.3) is 5.91 Å². The number of benzene rings is 3. The number of amides is 1. The molecule has 4 aromatic rings. The van der Waals surface area contributed by atoms with Gasteiger partial charge < -0.3 is 9.73 Å². The summed E-state index contributed by atoms with van der Waals surface area (Å²) in [5.41, 5.74) is 4.00. The Morgan fingerprint density at radius 2 is 1.72 bits per heavy atom. The lowest BCUT2D eigenvalue weighted by atomic mass is 10.1. The fourth-order valence-corrected chi connectivity index (χ4v) is 3.42. The fraction of sp³-hybridized carbons (Fsp3) is 0.0833. The van der Waals surface area contributed by atoms with Gasteiger partial charge >= 0.3 is 0 Å². The largest absolute Gasteiger partial charge is 0.436 e. The lowest BCUT2D eigenvalue weighted by Crippen LogP contribution is -2.14. The highest BCUT2D eigenvalue weighted by Crippen LogP contribution is 2.29. The highest BCUT2D eigenvalue weighted by molar-refractivity contribution is 9.10. The Balaban J connectivity index is 1.65. The Bertz CT molecular complexity index is 1150. The van der Waals surface area contributed by atoms with Crippen molar-refractivity contribution in [3.63, 3.8) is 0 Å². The standard InChI is InChI=1S/C24H19BrN2O2/c1-2-16-7-3-6-10-21(16)27-23(28)19-8-4-5-9-20(19)24-26-15-22(29-24)17-11-13-18(25)14-12-17/h3-15H,2H2,1H3,(H,27,28). The molecule has 1 amide bonds. The molecule has 4 rings (SSSR count). The van der Waals surface area contributed by atoms with Crippen molar-refractivity contribution >= 4 is 27.5 Å². The maximum Gasteiger partial charge on any atom is 0.256 e. The van der Waals surface area contributed by atoms with E-state index in [1.807, 2.05) is 66.7 Å². The molecule has 0 radical (unpaired) electrons. The van der Waals surface area contributed by atoms with Gasteiger partial charge in [-0.15, -0.1) is 0 Å². The topological polar surface area (TPSA) is 55.1 Å². The van der Waals surface area contributed by atoms with Gasteiger partial charge in [-0.1, -0.05) is 65.3 Å². The van der Waals surface area contributed by atoms with Crippen molar-refractivity contribution in [3.8, 4) is 22.8 Å². The molecule has 4 nitrogen and oxygen atoms in total. The molecule has 0 saturated heterocycles. The molecule has 1 aromatic heterocycles. The number of halogens is 1. The summed E-state index contributed by atoms with van der Waals surface area (Å²) in [6, 6.07) is 22.9. The molecule has 0 unspecified atom stereocenters. The van der Waals surface area contributed by atoms with Crippen LogP contribution in [0.25, 0.3) is 22.8 Å². The normalized spacial score (nSPS) is 10.7. The number of hydrogen-bond acceptors (Lipinski definition) is 3. The van der Waals surface area contributed by atoms with Crippen molar-refractivity contribution in [1.82, 2.24) is 4.98 Å². The van der Waals surface area contributed by atoms with Crippen LogP contribution >= 0.6 is 15.9 Å². The van der Waals surface area contributed by atoms with Gasteiger partial charge in [0.05, 0.1) is 11.8 Å². The van der Waals surface area contributed by atoms with E-state index in [0.717, 1.165) is 27.7 Å². The molecule has 1 N–H and O–H groups in total. The van der Waals surface area contributed by atoms with Gasteiger partial charge in [0.2, 0.25) is 5.89 Å². The van der Waals surface area contributed by atoms with Crippen LogP contribution in [-0.4, -0.2) is 10.9 Å². The lowest BCUT2D eigenvalue weighted by Gasteiger charge is -2.11. The molecule has 1 heterocycles. The number of anilines is 1. The fourth-order valence-electron chi connectivity index (χ4n) is 3.15. The Morgan fingerprint density at radius 1 is 1.00 bits per heavy atom. The molecule has 0 bridgehead atoms. The van der Waals surface area contributed by atoms with E-state index in [9.17, 15) is 4.79 Å². The van der Waals surface area contributed by atoms with E-state index in [2.05, 4.69) is 33.2 Å². The second-order valence-electron chi connectivity index (χ2n) is 6.55. The highest BCUT2D eigenvalue weighted by Gasteiger charge is 2.17. The van der Waals surface area contributed by atoms with Gasteiger partial charge in [-0.3, -0.25) is 4.79 Å². The molecule has 0 saturated carbocycles. The van der Waals surface area contributed by atoms with E-state index in [1.165, 1.54) is 0 Å². The van der Waals surface area contributed by atoms with Crippen LogP contribution in [0.1, 0.15) is 22.8 Å². The Kier molecular flexibility index (Phi) is 5.58. The van der Waals surface area contributed by atoms with Crippen molar-refractivity contribution in [1.29, 1.82) is 0 Å². The predicted molar refractivity (Wildman–Crippen MR) is 119 cm³/mol. The molecule has 0 aliphatic rings. The maximum atomic E-state index is 13.0. The first-order valence-corrected chi connectivity index (χ1v) is 10.2. The maximum absolute atomic E-state index is 13.0. The van der Waals surface area contributed by atoms with Gasteiger partial charge in [-0.2, -0.15) is 0 Å². The van der Waals surface area contributed by atoms with Crippen LogP contribution in [0.5, 0.6) is 0 Å². The number of aryl methyl sites for hydroxylation is 1. The number of hydrogen-bond donors (Lipinski definition) is 1. The zero-order chi connectivity index (χ0) is 20.2. The zero-order valence-electron chi connectivity index (χ0n) is 15.9. The van der Waals surface area contributed by atoms with E-state index in [0.29, 0.717) is 22.8 Å². The summed E-state index contributed by atoms with van der Waals surface area (Å²) in [5, 5.41) is 3.02. The minimum atomic E-state index is -0.190. The first kappa shape index (κ1) is 19.2. The quantitative estimate of drug-likeness (QED) is 0.376. The number of carbonyl (C=O) groups is 1. The zero-order valence-corrected chi connectivity index (χ0v) is 17.4. The number of rotatable bonds is 5. The van der Waals surface area contributed by atoms with Gasteiger partial charge in [0.1, 0.15) is 0 Å². The van der Waals surface area contributed by atoms with Gasteiger partial charge in [0.15, 0.2) is 5.76 Å². The predicted octanol–water partition coefficient (Wildman–Crippen LogP) is 6.59. The van der Waals surface area contributed by atoms with Crippen LogP contribution in [0.3, 0.4) is 0 Å². The monoisotopic (exact) mass is 446 g/mol. The average Bonchev–Trinajstić information content (AvgIpc) is 3.25. The Labute approximate surface area is 177 Å². The number of aromatic nitrogens is 1. The molecule has 3 aromatic carbocycles. The third-order valence-corrected chi connectivity index (χ3v) is 5.21. The van der Waals surface area contributed by atoms with Gasteiger partial charge in [-0.05, 0) is 42.3 Å². The number of nitrogens with zero attached hydrogens (tertiary/aromatic N) is 1. The lowest BCUT2D eigenvalue weighted by molar-refractivity contribution is 0.102. The second kappa shape index (κ2) is 8.45. The molecule has 0 aliphatic heterocycles. The van der Waals surface area contributed by atoms with Crippen molar-refractivity contribution < 1.29 is 9.21 Å². The van der Waals surface area contributed by atoms with Crippen molar-refractivity contribution in [2.45, 2.75) is 13.3 Å². The van der Waals surface area contributed by atoms with Crippen LogP contribution in [-0.2, 0) is 6.42 Å². The van der Waals surface area contributed by atoms with Crippen molar-refractivity contribution in [2.24, 2.45) is 0 Å². The van der Waals surface area contributed by atoms with Crippen LogP contribution < -0.4 is 5.32 Å². The third-order valence-electron chi connectivity index (χ3n) is 4.68. The van der Waals surface area contributed by atoms with Crippen LogP contribution in [0, 0.1) is 0 Å². The van der Waals surface area contributed by atoms with Gasteiger partial charge in [0, 0.05) is 21.3 Å². The van der Waals surface area contributed by atoms with E-state index < -0.39 is 0 Å². The van der Waals surface area contributed by atoms with Crippen molar-refractivity contribution in [2.75, 3.05) is 5.32 Å². The Hall–Kier alpha value is -3.18. The minimum Gasteiger partial charge on any atom is -0.436 e. The Morgan fingerprint density at radius 3 is 2.52 bits per heavy atom. The number of carbonyl (C=O) groups excluding carboxylic acids is 1. The summed E-state index contributed by atoms with van der Waals surface area (Å²) in [5.74, 6) is 0.876. The molecular formula is C24H19BrN2O2. The minimum absolute atomic E-state index is 0.190. The first-order chi connectivity index (χ1) is 14.2. The summed E-state index contributed by atoms with van der Waals surface area (Å²) >= 11 is 3.43. The molecule has 29 heavy (non-hydrogen) atoms. The van der Waals surface area contributed by atoms with Gasteiger partial charge in [-0.25, -0.2) is 4.98 Å². The summed E-state index contributed by atoms with van der Waals surface area (Å²) in [6.07, 6.45) is 2.52. The molecule has 0 atom stereocenters. The van der Waals surface area contributed by atoms with E-state index in [1.54, 1.807) is 12.3 Å². The van der Waals surface area contributed by atoms with E-state index in [4.69, 9.17) is 4.42 Å². The molecule has 5 heteroatoms. The molecule has 0 spiro atoms. The highest BCUT2D eigenvalue weighted by atomic mass is 79.9. The second-order valence-corrected chi connectivity index (χ2v) is 7.46. The molecule has 144 valence electrons. The molecule has 0 aliphatic carbocycles. The van der Waals surface area contributed by atoms with Crippen molar-refractivity contribution in [3.05, 3.63) is 94.6 Å². The average molecular weight is 447 g/mol. The molecular weight excluding hydrogens is 428 g/mol. The first-order valence-electron chi connectivity index (χ1n) is 9.36. The van der Waals surface area contributed by atoms with Crippen LogP contribution in [0.4, 0.5) is 5.69 Å². The van der Waals surface area contributed by atoms with Crippen LogP contribution in [0.2, 0.25) is 0 Å². The summed E-state index contributed by atoms with van der Waals surface area (Å²) < 4.78 is 6.97. The van der Waals surface area contributed by atoms with E-state index in [-0.39, 0.29) is 5.91 Å². The smallest absolute Gasteiger partial charge is 0.256 e. The summed E-state index contributed by atoms with van der Waals surface area (Å²) in [6.45, 7) is 2.06. The van der Waals surface area contributed by atoms with E-state index >= 15 is 0 Å². The number of para-hydroxylation sites is 1. The summed E-state index contributed by atoms with van der Waals surface area (Å²) in [7, 11) is 0. The molecule has 0 fully saturated rings. The summed E-state index contributed by atoms with van der Waals surface area (Å²) in [4.78, 5) is 17.4.